The van der Waals surface area contributed by atoms with E-state index in [1.54, 1.807) is 18.1 Å². The lowest BCUT2D eigenvalue weighted by molar-refractivity contribution is -0.117. The first-order valence-corrected chi connectivity index (χ1v) is 12.2. The quantitative estimate of drug-likeness (QED) is 0.474. The second-order valence-corrected chi connectivity index (χ2v) is 9.22. The van der Waals surface area contributed by atoms with E-state index in [1.807, 2.05) is 0 Å². The van der Waals surface area contributed by atoms with Gasteiger partial charge in [-0.2, -0.15) is 4.98 Å². The molecule has 0 aliphatic carbocycles. The Kier molecular flexibility index (Phi) is 6.97. The molecule has 7 heteroatoms. The summed E-state index contributed by atoms with van der Waals surface area (Å²) in [4.78, 5) is 21.3. The molecule has 0 spiro atoms. The number of fused-ring (bicyclic) bond motifs is 1. The number of hydrogen-bond acceptors (Lipinski definition) is 6. The number of ether oxygens (including phenoxy) is 2. The number of hydrogen-bond donors (Lipinski definition) is 1. The van der Waals surface area contributed by atoms with E-state index in [2.05, 4.69) is 58.4 Å². The van der Waals surface area contributed by atoms with Gasteiger partial charge in [-0.05, 0) is 48.2 Å². The van der Waals surface area contributed by atoms with Gasteiger partial charge in [-0.3, -0.25) is 9.69 Å². The van der Waals surface area contributed by atoms with Crippen molar-refractivity contribution >= 4 is 17.4 Å². The van der Waals surface area contributed by atoms with Crippen LogP contribution in [0.5, 0.6) is 5.88 Å². The maximum absolute atomic E-state index is 12.8. The van der Waals surface area contributed by atoms with E-state index in [4.69, 9.17) is 15.2 Å². The highest BCUT2D eigenvalue weighted by Crippen LogP contribution is 2.36. The van der Waals surface area contributed by atoms with Crippen LogP contribution < -0.4 is 15.4 Å². The average molecular weight is 473 g/mol. The zero-order chi connectivity index (χ0) is 24.2. The minimum Gasteiger partial charge on any atom is -0.475 e. The Morgan fingerprint density at radius 1 is 0.914 bits per heavy atom. The predicted molar refractivity (Wildman–Crippen MR) is 137 cm³/mol. The lowest BCUT2D eigenvalue weighted by Crippen LogP contribution is -2.26. The molecule has 3 aromatic rings. The summed E-state index contributed by atoms with van der Waals surface area (Å²) >= 11 is 0. The molecule has 1 fully saturated rings. The van der Waals surface area contributed by atoms with Crippen molar-refractivity contribution in [2.24, 2.45) is 0 Å². The number of nitrogens with zero attached hydrogens (tertiary/aromatic N) is 3. The van der Waals surface area contributed by atoms with Gasteiger partial charge >= 0.3 is 0 Å². The van der Waals surface area contributed by atoms with Crippen LogP contribution >= 0.6 is 0 Å². The van der Waals surface area contributed by atoms with Gasteiger partial charge in [0.25, 0.3) is 0 Å². The fraction of sp³-hybridized carbons (Fsp3) is 0.357. The van der Waals surface area contributed by atoms with Gasteiger partial charge in [0.2, 0.25) is 11.8 Å². The normalized spacial score (nSPS) is 15.6. The molecule has 0 radical (unpaired) electrons. The molecule has 2 aromatic carbocycles. The lowest BCUT2D eigenvalue weighted by atomic mass is 10.0. The molecule has 2 N–H and O–H groups in total. The van der Waals surface area contributed by atoms with E-state index in [1.165, 1.54) is 37.1 Å². The number of carbonyl (C=O) groups excluding carboxylic acids is 1. The highest BCUT2D eigenvalue weighted by molar-refractivity contribution is 6.03. The Labute approximate surface area is 206 Å². The maximum atomic E-state index is 12.8. The van der Waals surface area contributed by atoms with Crippen LogP contribution in [0.1, 0.15) is 29.5 Å². The van der Waals surface area contributed by atoms with Crippen molar-refractivity contribution in [1.82, 2.24) is 9.88 Å². The number of anilines is 2. The Hall–Kier alpha value is -3.42. The minimum atomic E-state index is 0.0141. The fourth-order valence-corrected chi connectivity index (χ4v) is 4.82. The third-order valence-electron chi connectivity index (χ3n) is 6.75. The summed E-state index contributed by atoms with van der Waals surface area (Å²) in [6.45, 7) is 4.74. The first-order valence-electron chi connectivity index (χ1n) is 12.2. The van der Waals surface area contributed by atoms with Crippen LogP contribution in [0.15, 0.2) is 54.6 Å². The SMILES string of the molecule is COCCOc1cc2c(c(N)n1)CC(=O)N2Cc1ccc(-c2ccc(CN3CCCC3)cc2)cc1. The van der Waals surface area contributed by atoms with E-state index in [9.17, 15) is 4.79 Å². The van der Waals surface area contributed by atoms with Crippen LogP contribution in [0.4, 0.5) is 11.5 Å². The number of carbonyl (C=O) groups is 1. The maximum Gasteiger partial charge on any atom is 0.231 e. The number of rotatable bonds is 9. The lowest BCUT2D eigenvalue weighted by Gasteiger charge is -2.19. The number of nitrogens with two attached hydrogens (primary N) is 1. The van der Waals surface area contributed by atoms with Crippen LogP contribution in [0.2, 0.25) is 0 Å². The summed E-state index contributed by atoms with van der Waals surface area (Å²) in [6.07, 6.45) is 2.88. The van der Waals surface area contributed by atoms with Gasteiger partial charge < -0.3 is 20.1 Å². The molecule has 35 heavy (non-hydrogen) atoms. The molecule has 3 heterocycles. The molecule has 7 nitrogen and oxygen atoms in total. The predicted octanol–water partition coefficient (Wildman–Crippen LogP) is 4.04. The first kappa shape index (κ1) is 23.3. The molecule has 5 rings (SSSR count). The molecular formula is C28H32N4O3. The summed E-state index contributed by atoms with van der Waals surface area (Å²) in [7, 11) is 1.62. The van der Waals surface area contributed by atoms with Crippen LogP contribution in [0.25, 0.3) is 11.1 Å². The van der Waals surface area contributed by atoms with Crippen molar-refractivity contribution in [3.05, 3.63) is 71.3 Å². The van der Waals surface area contributed by atoms with Crippen molar-refractivity contribution < 1.29 is 14.3 Å². The molecular weight excluding hydrogens is 440 g/mol. The molecule has 0 saturated carbocycles. The van der Waals surface area contributed by atoms with Gasteiger partial charge in [0.15, 0.2) is 0 Å². The Morgan fingerprint density at radius 3 is 2.17 bits per heavy atom. The summed E-state index contributed by atoms with van der Waals surface area (Å²) in [5, 5.41) is 0. The number of aromatic nitrogens is 1. The monoisotopic (exact) mass is 472 g/mol. The zero-order valence-electron chi connectivity index (χ0n) is 20.2. The molecule has 2 aliphatic heterocycles. The molecule has 2 aliphatic rings. The van der Waals surface area contributed by atoms with Gasteiger partial charge in [0, 0.05) is 25.3 Å². The summed E-state index contributed by atoms with van der Waals surface area (Å²) in [5.74, 6) is 0.760. The smallest absolute Gasteiger partial charge is 0.231 e. The fourth-order valence-electron chi connectivity index (χ4n) is 4.82. The Morgan fingerprint density at radius 2 is 1.54 bits per heavy atom. The number of benzene rings is 2. The molecule has 182 valence electrons. The number of nitrogen functional groups attached to an aromatic ring is 1. The number of likely N-dealkylation sites (tertiary alicyclic amines) is 1. The van der Waals surface area contributed by atoms with Gasteiger partial charge in [-0.1, -0.05) is 48.5 Å². The van der Waals surface area contributed by atoms with Crippen LogP contribution in [-0.2, 0) is 29.0 Å². The van der Waals surface area contributed by atoms with Gasteiger partial charge in [-0.25, -0.2) is 0 Å². The summed E-state index contributed by atoms with van der Waals surface area (Å²) in [5.41, 5.74) is 12.4. The van der Waals surface area contributed by atoms with E-state index in [-0.39, 0.29) is 12.3 Å². The Balaban J connectivity index is 1.27. The number of amides is 1. The number of pyridine rings is 1. The van der Waals surface area contributed by atoms with Crippen LogP contribution in [0, 0.1) is 0 Å². The van der Waals surface area contributed by atoms with E-state index < -0.39 is 0 Å². The van der Waals surface area contributed by atoms with E-state index in [0.29, 0.717) is 31.5 Å². The largest absolute Gasteiger partial charge is 0.475 e. The molecule has 1 amide bonds. The molecule has 1 saturated heterocycles. The highest BCUT2D eigenvalue weighted by atomic mass is 16.5. The zero-order valence-corrected chi connectivity index (χ0v) is 20.2. The summed E-state index contributed by atoms with van der Waals surface area (Å²) < 4.78 is 10.7. The minimum absolute atomic E-state index is 0.0141. The topological polar surface area (TPSA) is 80.9 Å². The van der Waals surface area contributed by atoms with Gasteiger partial charge in [0.1, 0.15) is 12.4 Å². The third-order valence-corrected chi connectivity index (χ3v) is 6.75. The van der Waals surface area contributed by atoms with E-state index >= 15 is 0 Å². The molecule has 0 atom stereocenters. The van der Waals surface area contributed by atoms with Gasteiger partial charge in [0.05, 0.1) is 25.3 Å². The molecule has 0 bridgehead atoms. The van der Waals surface area contributed by atoms with Crippen molar-refractivity contribution in [3.63, 3.8) is 0 Å². The summed E-state index contributed by atoms with van der Waals surface area (Å²) in [6, 6.07) is 19.0. The van der Waals surface area contributed by atoms with Crippen molar-refractivity contribution in [2.45, 2.75) is 32.4 Å². The van der Waals surface area contributed by atoms with Gasteiger partial charge in [-0.15, -0.1) is 0 Å². The first-order chi connectivity index (χ1) is 17.1. The Bertz CT molecular complexity index is 1170. The average Bonchev–Trinajstić information content (AvgIpc) is 3.49. The van der Waals surface area contributed by atoms with Crippen molar-refractivity contribution in [3.8, 4) is 17.0 Å². The van der Waals surface area contributed by atoms with Crippen molar-refractivity contribution in [1.29, 1.82) is 0 Å². The molecule has 1 aromatic heterocycles. The van der Waals surface area contributed by atoms with Crippen molar-refractivity contribution in [2.75, 3.05) is 44.0 Å². The second-order valence-electron chi connectivity index (χ2n) is 9.22. The third kappa shape index (κ3) is 5.31. The number of methoxy groups -OCH3 is 1. The highest BCUT2D eigenvalue weighted by Gasteiger charge is 2.30. The standard InChI is InChI=1S/C28H32N4O3/c1-34-14-15-35-26-17-25-24(28(29)30-26)16-27(33)32(25)19-21-6-10-23(11-7-21)22-8-4-20(5-9-22)18-31-12-2-3-13-31/h4-11,17H,2-3,12-16,18-19H2,1H3,(H2,29,30). The molecule has 0 unspecified atom stereocenters. The van der Waals surface area contributed by atoms with Crippen LogP contribution in [0.3, 0.4) is 0 Å². The van der Waals surface area contributed by atoms with Crippen LogP contribution in [-0.4, -0.2) is 49.2 Å². The van der Waals surface area contributed by atoms with E-state index in [0.717, 1.165) is 28.9 Å². The second kappa shape index (κ2) is 10.5.